The van der Waals surface area contributed by atoms with Crippen LogP contribution in [-0.4, -0.2) is 42.2 Å². The third kappa shape index (κ3) is 3.71. The quantitative estimate of drug-likeness (QED) is 0.942. The van der Waals surface area contributed by atoms with Crippen molar-refractivity contribution in [3.8, 4) is 16.9 Å². The zero-order valence-electron chi connectivity index (χ0n) is 14.1. The summed E-state index contributed by atoms with van der Waals surface area (Å²) in [6.45, 7) is 7.52. The first-order valence-corrected chi connectivity index (χ1v) is 8.22. The zero-order valence-corrected chi connectivity index (χ0v) is 14.1. The van der Waals surface area contributed by atoms with Gasteiger partial charge in [-0.2, -0.15) is 0 Å². The van der Waals surface area contributed by atoms with Crippen LogP contribution < -0.4 is 10.1 Å². The summed E-state index contributed by atoms with van der Waals surface area (Å²) in [6.07, 6.45) is 3.67. The van der Waals surface area contributed by atoms with Crippen molar-refractivity contribution in [1.29, 1.82) is 0 Å². The van der Waals surface area contributed by atoms with E-state index in [-0.39, 0.29) is 0 Å². The number of methoxy groups -OCH3 is 1. The summed E-state index contributed by atoms with van der Waals surface area (Å²) in [4.78, 5) is 6.62. The molecule has 0 amide bonds. The van der Waals surface area contributed by atoms with Gasteiger partial charge in [0.1, 0.15) is 5.75 Å². The third-order valence-electron chi connectivity index (χ3n) is 4.56. The Bertz CT molecular complexity index is 644. The van der Waals surface area contributed by atoms with Gasteiger partial charge in [0.15, 0.2) is 0 Å². The maximum Gasteiger partial charge on any atom is 0.123 e. The summed E-state index contributed by atoms with van der Waals surface area (Å²) < 4.78 is 5.59. The SMILES string of the molecule is COc1ccc(-c2ccncc2)cc1CN1CC(C)NCC1C. The van der Waals surface area contributed by atoms with E-state index in [1.807, 2.05) is 24.5 Å². The Morgan fingerprint density at radius 1 is 1.17 bits per heavy atom. The number of nitrogens with zero attached hydrogens (tertiary/aromatic N) is 2. The topological polar surface area (TPSA) is 37.4 Å². The van der Waals surface area contributed by atoms with Crippen molar-refractivity contribution in [2.75, 3.05) is 20.2 Å². The van der Waals surface area contributed by atoms with E-state index < -0.39 is 0 Å². The maximum absolute atomic E-state index is 5.59. The third-order valence-corrected chi connectivity index (χ3v) is 4.56. The molecule has 0 bridgehead atoms. The minimum atomic E-state index is 0.528. The first kappa shape index (κ1) is 16.0. The molecule has 1 aliphatic heterocycles. The Morgan fingerprint density at radius 2 is 1.96 bits per heavy atom. The molecule has 0 aliphatic carbocycles. The van der Waals surface area contributed by atoms with Crippen LogP contribution in [0.25, 0.3) is 11.1 Å². The molecule has 4 nitrogen and oxygen atoms in total. The predicted octanol–water partition coefficient (Wildman–Crippen LogP) is 2.94. The van der Waals surface area contributed by atoms with Gasteiger partial charge < -0.3 is 10.1 Å². The van der Waals surface area contributed by atoms with E-state index in [0.717, 1.165) is 25.4 Å². The number of rotatable bonds is 4. The Morgan fingerprint density at radius 3 is 2.70 bits per heavy atom. The molecule has 1 aromatic heterocycles. The highest BCUT2D eigenvalue weighted by molar-refractivity contribution is 5.65. The van der Waals surface area contributed by atoms with E-state index in [1.54, 1.807) is 7.11 Å². The molecule has 1 saturated heterocycles. The van der Waals surface area contributed by atoms with Gasteiger partial charge >= 0.3 is 0 Å². The standard InChI is InChI=1S/C19H25N3O/c1-14-12-22(15(2)11-21-14)13-18-10-17(4-5-19(18)23-3)16-6-8-20-9-7-16/h4-10,14-15,21H,11-13H2,1-3H3. The van der Waals surface area contributed by atoms with Gasteiger partial charge in [-0.05, 0) is 49.2 Å². The first-order chi connectivity index (χ1) is 11.2. The minimum Gasteiger partial charge on any atom is -0.496 e. The lowest BCUT2D eigenvalue weighted by molar-refractivity contribution is 0.137. The van der Waals surface area contributed by atoms with Gasteiger partial charge in [0.05, 0.1) is 7.11 Å². The Labute approximate surface area is 138 Å². The molecule has 1 aliphatic rings. The highest BCUT2D eigenvalue weighted by Gasteiger charge is 2.23. The van der Waals surface area contributed by atoms with E-state index in [1.165, 1.54) is 16.7 Å². The maximum atomic E-state index is 5.59. The molecule has 1 aromatic carbocycles. The van der Waals surface area contributed by atoms with E-state index in [0.29, 0.717) is 12.1 Å². The lowest BCUT2D eigenvalue weighted by atomic mass is 10.0. The van der Waals surface area contributed by atoms with Gasteiger partial charge in [-0.1, -0.05) is 6.07 Å². The number of benzene rings is 1. The van der Waals surface area contributed by atoms with Gasteiger partial charge in [0.2, 0.25) is 0 Å². The highest BCUT2D eigenvalue weighted by Crippen LogP contribution is 2.28. The molecule has 23 heavy (non-hydrogen) atoms. The summed E-state index contributed by atoms with van der Waals surface area (Å²) in [5.41, 5.74) is 3.63. The monoisotopic (exact) mass is 311 g/mol. The molecular weight excluding hydrogens is 286 g/mol. The second kappa shape index (κ2) is 7.11. The molecule has 4 heteroatoms. The molecule has 0 saturated carbocycles. The van der Waals surface area contributed by atoms with Crippen LogP contribution in [0.4, 0.5) is 0 Å². The summed E-state index contributed by atoms with van der Waals surface area (Å²) in [5, 5.41) is 3.53. The highest BCUT2D eigenvalue weighted by atomic mass is 16.5. The fourth-order valence-electron chi connectivity index (χ4n) is 3.16. The second-order valence-corrected chi connectivity index (χ2v) is 6.35. The average molecular weight is 311 g/mol. The number of hydrogen-bond acceptors (Lipinski definition) is 4. The van der Waals surface area contributed by atoms with Crippen molar-refractivity contribution in [1.82, 2.24) is 15.2 Å². The van der Waals surface area contributed by atoms with Crippen LogP contribution in [0, 0.1) is 0 Å². The number of ether oxygens (including phenoxy) is 1. The van der Waals surface area contributed by atoms with Crippen LogP contribution in [0.5, 0.6) is 5.75 Å². The van der Waals surface area contributed by atoms with Crippen LogP contribution in [0.1, 0.15) is 19.4 Å². The van der Waals surface area contributed by atoms with Crippen LogP contribution in [0.15, 0.2) is 42.7 Å². The predicted molar refractivity (Wildman–Crippen MR) is 93.6 cm³/mol. The van der Waals surface area contributed by atoms with Crippen LogP contribution in [0.2, 0.25) is 0 Å². The number of pyridine rings is 1. The van der Waals surface area contributed by atoms with Gasteiger partial charge in [0.25, 0.3) is 0 Å². The lowest BCUT2D eigenvalue weighted by Gasteiger charge is -2.37. The van der Waals surface area contributed by atoms with Gasteiger partial charge in [-0.25, -0.2) is 0 Å². The van der Waals surface area contributed by atoms with Crippen molar-refractivity contribution < 1.29 is 4.74 Å². The molecule has 1 N–H and O–H groups in total. The van der Waals surface area contributed by atoms with Crippen LogP contribution in [-0.2, 0) is 6.54 Å². The van der Waals surface area contributed by atoms with Crippen molar-refractivity contribution in [3.05, 3.63) is 48.3 Å². The Balaban J connectivity index is 1.87. The molecule has 0 spiro atoms. The van der Waals surface area contributed by atoms with Gasteiger partial charge in [-0.3, -0.25) is 9.88 Å². The number of nitrogens with one attached hydrogen (secondary N) is 1. The number of piperazine rings is 1. The number of aromatic nitrogens is 1. The fraction of sp³-hybridized carbons (Fsp3) is 0.421. The smallest absolute Gasteiger partial charge is 0.123 e. The minimum absolute atomic E-state index is 0.528. The van der Waals surface area contributed by atoms with E-state index >= 15 is 0 Å². The van der Waals surface area contributed by atoms with E-state index in [2.05, 4.69) is 47.2 Å². The lowest BCUT2D eigenvalue weighted by Crippen LogP contribution is -2.53. The summed E-state index contributed by atoms with van der Waals surface area (Å²) >= 11 is 0. The molecule has 2 unspecified atom stereocenters. The molecular formula is C19H25N3O. The molecule has 3 rings (SSSR count). The number of hydrogen-bond donors (Lipinski definition) is 1. The van der Waals surface area contributed by atoms with Crippen LogP contribution >= 0.6 is 0 Å². The summed E-state index contributed by atoms with van der Waals surface area (Å²) in [7, 11) is 1.74. The Hall–Kier alpha value is -1.91. The Kier molecular flexibility index (Phi) is 4.94. The average Bonchev–Trinajstić information content (AvgIpc) is 2.59. The van der Waals surface area contributed by atoms with Crippen molar-refractivity contribution in [2.24, 2.45) is 0 Å². The summed E-state index contributed by atoms with van der Waals surface area (Å²) in [5.74, 6) is 0.959. The molecule has 2 heterocycles. The molecule has 122 valence electrons. The molecule has 0 radical (unpaired) electrons. The first-order valence-electron chi connectivity index (χ1n) is 8.22. The van der Waals surface area contributed by atoms with Crippen LogP contribution in [0.3, 0.4) is 0 Å². The van der Waals surface area contributed by atoms with Crippen molar-refractivity contribution in [3.63, 3.8) is 0 Å². The van der Waals surface area contributed by atoms with E-state index in [9.17, 15) is 0 Å². The molecule has 2 aromatic rings. The normalized spacial score (nSPS) is 22.0. The molecule has 2 atom stereocenters. The largest absolute Gasteiger partial charge is 0.496 e. The zero-order chi connectivity index (χ0) is 16.2. The van der Waals surface area contributed by atoms with Crippen molar-refractivity contribution in [2.45, 2.75) is 32.5 Å². The fourth-order valence-corrected chi connectivity index (χ4v) is 3.16. The molecule has 1 fully saturated rings. The van der Waals surface area contributed by atoms with Crippen molar-refractivity contribution >= 4 is 0 Å². The van der Waals surface area contributed by atoms with Gasteiger partial charge in [0, 0.05) is 49.7 Å². The van der Waals surface area contributed by atoms with Gasteiger partial charge in [-0.15, -0.1) is 0 Å². The summed E-state index contributed by atoms with van der Waals surface area (Å²) in [6, 6.07) is 11.6. The second-order valence-electron chi connectivity index (χ2n) is 6.35. The van der Waals surface area contributed by atoms with E-state index in [4.69, 9.17) is 4.74 Å².